The van der Waals surface area contributed by atoms with Crippen molar-refractivity contribution in [3.05, 3.63) is 75.4 Å². The van der Waals surface area contributed by atoms with Crippen LogP contribution in [0, 0.1) is 11.6 Å². The Morgan fingerprint density at radius 1 is 1.00 bits per heavy atom. The highest BCUT2D eigenvalue weighted by Crippen LogP contribution is 2.47. The maximum atomic E-state index is 14.8. The van der Waals surface area contributed by atoms with E-state index in [0.29, 0.717) is 0 Å². The number of carbonyl (C=O) groups is 1. The molecule has 2 aliphatic rings. The van der Waals surface area contributed by atoms with Gasteiger partial charge in [0, 0.05) is 28.1 Å². The number of rotatable bonds is 2. The summed E-state index contributed by atoms with van der Waals surface area (Å²) in [5.41, 5.74) is -1.03. The second-order valence-electron chi connectivity index (χ2n) is 8.32. The third-order valence-electron chi connectivity index (χ3n) is 5.17. The Balaban J connectivity index is 2.34. The van der Waals surface area contributed by atoms with Crippen LogP contribution in [-0.2, 0) is 5.41 Å². The van der Waals surface area contributed by atoms with E-state index >= 15 is 0 Å². The zero-order chi connectivity index (χ0) is 22.7. The number of phenolic OH excluding ortho intramolecular Hbond substituents is 1. The molecule has 0 saturated heterocycles. The molecule has 0 unspecified atom stereocenters. The molecule has 0 atom stereocenters. The fourth-order valence-electron chi connectivity index (χ4n) is 3.86. The molecular formula is C24H18F2O5. The number of fused-ring (bicyclic) bond motifs is 2. The first-order valence-corrected chi connectivity index (χ1v) is 9.45. The molecule has 1 aliphatic heterocycles. The third-order valence-corrected chi connectivity index (χ3v) is 5.17. The van der Waals surface area contributed by atoms with Crippen molar-refractivity contribution in [2.45, 2.75) is 26.2 Å². The van der Waals surface area contributed by atoms with Crippen molar-refractivity contribution in [2.75, 3.05) is 0 Å². The summed E-state index contributed by atoms with van der Waals surface area (Å²) in [5.74, 6) is -3.82. The van der Waals surface area contributed by atoms with E-state index in [1.165, 1.54) is 18.2 Å². The summed E-state index contributed by atoms with van der Waals surface area (Å²) >= 11 is 0. The van der Waals surface area contributed by atoms with E-state index in [-0.39, 0.29) is 44.5 Å². The highest BCUT2D eigenvalue weighted by molar-refractivity contribution is 6.08. The lowest BCUT2D eigenvalue weighted by atomic mass is 9.82. The first-order valence-electron chi connectivity index (χ1n) is 9.45. The van der Waals surface area contributed by atoms with Gasteiger partial charge in [-0.05, 0) is 29.2 Å². The Morgan fingerprint density at radius 2 is 1.68 bits per heavy atom. The zero-order valence-electron chi connectivity index (χ0n) is 16.9. The minimum absolute atomic E-state index is 0.00870. The second kappa shape index (κ2) is 6.91. The van der Waals surface area contributed by atoms with Crippen LogP contribution in [0.4, 0.5) is 8.78 Å². The molecule has 31 heavy (non-hydrogen) atoms. The molecular weight excluding hydrogens is 406 g/mol. The number of aromatic hydroxyl groups is 1. The summed E-state index contributed by atoms with van der Waals surface area (Å²) in [6, 6.07) is 8.97. The smallest absolute Gasteiger partial charge is 0.336 e. The maximum Gasteiger partial charge on any atom is 0.336 e. The van der Waals surface area contributed by atoms with Gasteiger partial charge in [-0.2, -0.15) is 0 Å². The van der Waals surface area contributed by atoms with Gasteiger partial charge in [-0.15, -0.1) is 0 Å². The lowest BCUT2D eigenvalue weighted by Gasteiger charge is -2.25. The van der Waals surface area contributed by atoms with Gasteiger partial charge >= 0.3 is 5.97 Å². The molecule has 0 amide bonds. The Morgan fingerprint density at radius 3 is 2.32 bits per heavy atom. The van der Waals surface area contributed by atoms with Gasteiger partial charge in [0.1, 0.15) is 11.3 Å². The number of hydrogen-bond donors (Lipinski definition) is 2. The van der Waals surface area contributed by atoms with Gasteiger partial charge in [-0.3, -0.25) is 4.79 Å². The van der Waals surface area contributed by atoms with E-state index in [1.54, 1.807) is 26.8 Å². The normalized spacial score (nSPS) is 11.9. The molecule has 2 N–H and O–H groups in total. The topological polar surface area (TPSA) is 87.7 Å². The molecule has 0 fully saturated rings. The van der Waals surface area contributed by atoms with Crippen molar-refractivity contribution in [1.29, 1.82) is 0 Å². The number of phenols is 1. The van der Waals surface area contributed by atoms with Gasteiger partial charge in [0.05, 0.1) is 5.56 Å². The molecule has 158 valence electrons. The fourth-order valence-corrected chi connectivity index (χ4v) is 3.86. The summed E-state index contributed by atoms with van der Waals surface area (Å²) in [5, 5.41) is 20.3. The van der Waals surface area contributed by atoms with Crippen LogP contribution in [0.25, 0.3) is 33.4 Å². The van der Waals surface area contributed by atoms with Gasteiger partial charge < -0.3 is 14.6 Å². The number of carboxylic acid groups (broad SMARTS) is 1. The minimum Gasteiger partial charge on any atom is -0.505 e. The van der Waals surface area contributed by atoms with E-state index < -0.39 is 34.2 Å². The third kappa shape index (κ3) is 3.22. The van der Waals surface area contributed by atoms with E-state index in [0.717, 1.165) is 18.2 Å². The first-order chi connectivity index (χ1) is 14.5. The van der Waals surface area contributed by atoms with Crippen molar-refractivity contribution in [2.24, 2.45) is 0 Å². The molecule has 1 aliphatic carbocycles. The molecule has 0 radical (unpaired) electrons. The van der Waals surface area contributed by atoms with E-state index in [2.05, 4.69) is 0 Å². The summed E-state index contributed by atoms with van der Waals surface area (Å²) < 4.78 is 34.9. The molecule has 1 heterocycles. The summed E-state index contributed by atoms with van der Waals surface area (Å²) in [4.78, 5) is 23.8. The van der Waals surface area contributed by atoms with Crippen molar-refractivity contribution in [3.63, 3.8) is 0 Å². The van der Waals surface area contributed by atoms with Crippen LogP contribution in [0.3, 0.4) is 0 Å². The fraction of sp³-hybridized carbons (Fsp3) is 0.167. The van der Waals surface area contributed by atoms with Crippen molar-refractivity contribution >= 4 is 16.9 Å². The molecule has 0 spiro atoms. The van der Waals surface area contributed by atoms with Crippen LogP contribution in [0.1, 0.15) is 36.7 Å². The number of aromatic carboxylic acids is 1. The van der Waals surface area contributed by atoms with Crippen LogP contribution < -0.4 is 5.43 Å². The number of hydrogen-bond acceptors (Lipinski definition) is 4. The molecule has 4 rings (SSSR count). The molecule has 2 aromatic carbocycles. The van der Waals surface area contributed by atoms with Crippen LogP contribution in [0.2, 0.25) is 0 Å². The van der Waals surface area contributed by atoms with Crippen molar-refractivity contribution in [3.8, 4) is 28.2 Å². The molecule has 0 saturated carbocycles. The van der Waals surface area contributed by atoms with Gasteiger partial charge in [-0.1, -0.05) is 39.0 Å². The Kier molecular flexibility index (Phi) is 4.57. The van der Waals surface area contributed by atoms with Crippen LogP contribution >= 0.6 is 0 Å². The molecule has 0 bridgehead atoms. The van der Waals surface area contributed by atoms with Crippen LogP contribution in [0.5, 0.6) is 5.75 Å². The quantitative estimate of drug-likeness (QED) is 0.412. The van der Waals surface area contributed by atoms with Gasteiger partial charge in [0.25, 0.3) is 0 Å². The predicted molar refractivity (Wildman–Crippen MR) is 112 cm³/mol. The lowest BCUT2D eigenvalue weighted by Crippen LogP contribution is -2.14. The van der Waals surface area contributed by atoms with E-state index in [4.69, 9.17) is 4.42 Å². The molecule has 0 aromatic heterocycles. The predicted octanol–water partition coefficient (Wildman–Crippen LogP) is 5.54. The lowest BCUT2D eigenvalue weighted by molar-refractivity contribution is 0.0697. The van der Waals surface area contributed by atoms with E-state index in [1.807, 2.05) is 0 Å². The first kappa shape index (κ1) is 20.5. The monoisotopic (exact) mass is 424 g/mol. The van der Waals surface area contributed by atoms with Gasteiger partial charge in [0.15, 0.2) is 17.4 Å². The van der Waals surface area contributed by atoms with Crippen LogP contribution in [0.15, 0.2) is 51.7 Å². The van der Waals surface area contributed by atoms with Crippen LogP contribution in [-0.4, -0.2) is 16.2 Å². The van der Waals surface area contributed by atoms with E-state index in [9.17, 15) is 28.6 Å². The summed E-state index contributed by atoms with van der Waals surface area (Å²) in [6.45, 7) is 5.24. The SMILES string of the molecule is CC(C)(C)c1c(O)c(F)cc2c(-c3ccccc3C(=O)O)c3cc(F)c(=O)cc-3oc12. The number of carboxylic acids is 1. The molecule has 7 heteroatoms. The molecule has 5 nitrogen and oxygen atoms in total. The molecule has 2 aromatic rings. The Bertz CT molecular complexity index is 1400. The van der Waals surface area contributed by atoms with Gasteiger partial charge in [-0.25, -0.2) is 13.6 Å². The number of benzene rings is 3. The minimum atomic E-state index is -1.23. The zero-order valence-corrected chi connectivity index (χ0v) is 16.9. The standard InChI is InChI=1S/C24H18F2O5/c1-24(2,3)20-21(28)16(26)9-14-19(11-6-4-5-7-12(11)23(29)30)13-8-15(25)17(27)10-18(13)31-22(14)20/h4-10,28H,1-3H3,(H,29,30). The van der Waals surface area contributed by atoms with Gasteiger partial charge in [0.2, 0.25) is 5.43 Å². The van der Waals surface area contributed by atoms with Crippen molar-refractivity contribution in [1.82, 2.24) is 0 Å². The number of halogens is 2. The largest absolute Gasteiger partial charge is 0.505 e. The average Bonchev–Trinajstić information content (AvgIpc) is 2.68. The summed E-state index contributed by atoms with van der Waals surface area (Å²) in [6.07, 6.45) is 0. The highest BCUT2D eigenvalue weighted by atomic mass is 19.1. The van der Waals surface area contributed by atoms with Crippen molar-refractivity contribution < 1.29 is 28.2 Å². The average molecular weight is 424 g/mol. The highest BCUT2D eigenvalue weighted by Gasteiger charge is 2.30. The Hall–Kier alpha value is -3.74. The maximum absolute atomic E-state index is 14.8. The second-order valence-corrected chi connectivity index (χ2v) is 8.32. The summed E-state index contributed by atoms with van der Waals surface area (Å²) in [7, 11) is 0. The Labute approximate surface area is 175 Å².